The Morgan fingerprint density at radius 3 is 2.70 bits per heavy atom. The Balaban J connectivity index is 1.93. The standard InChI is InChI=1S/C14H15FN4S/c1-9-12-13(18(2)17-9)19(14(20)16-12)8-7-10-3-5-11(15)6-4-10/h3-6H,7-8H2,1-2H3,(H,16,20). The van der Waals surface area contributed by atoms with Gasteiger partial charge in [-0.05, 0) is 43.3 Å². The van der Waals surface area contributed by atoms with Gasteiger partial charge < -0.3 is 9.55 Å². The number of aromatic nitrogens is 4. The molecule has 0 fully saturated rings. The van der Waals surface area contributed by atoms with Crippen LogP contribution in [0, 0.1) is 17.5 Å². The summed E-state index contributed by atoms with van der Waals surface area (Å²) in [5.41, 5.74) is 4.00. The average Bonchev–Trinajstić information content (AvgIpc) is 2.88. The van der Waals surface area contributed by atoms with E-state index in [0.29, 0.717) is 4.77 Å². The normalized spacial score (nSPS) is 11.3. The van der Waals surface area contributed by atoms with Crippen molar-refractivity contribution >= 4 is 23.4 Å². The van der Waals surface area contributed by atoms with Crippen LogP contribution in [0.3, 0.4) is 0 Å². The van der Waals surface area contributed by atoms with E-state index >= 15 is 0 Å². The van der Waals surface area contributed by atoms with Crippen LogP contribution in [0.5, 0.6) is 0 Å². The van der Waals surface area contributed by atoms with Gasteiger partial charge >= 0.3 is 0 Å². The summed E-state index contributed by atoms with van der Waals surface area (Å²) in [5, 5.41) is 4.39. The van der Waals surface area contributed by atoms with Crippen molar-refractivity contribution < 1.29 is 4.39 Å². The van der Waals surface area contributed by atoms with E-state index in [1.807, 2.05) is 23.2 Å². The van der Waals surface area contributed by atoms with Crippen molar-refractivity contribution in [1.29, 1.82) is 0 Å². The number of nitrogens with one attached hydrogen (secondary N) is 1. The number of nitrogens with zero attached hydrogens (tertiary/aromatic N) is 3. The predicted molar refractivity (Wildman–Crippen MR) is 78.7 cm³/mol. The van der Waals surface area contributed by atoms with Gasteiger partial charge in [-0.1, -0.05) is 12.1 Å². The molecule has 0 amide bonds. The number of fused-ring (bicyclic) bond motifs is 1. The molecule has 104 valence electrons. The number of halogens is 1. The van der Waals surface area contributed by atoms with Gasteiger partial charge in [-0.15, -0.1) is 0 Å². The highest BCUT2D eigenvalue weighted by Crippen LogP contribution is 2.17. The summed E-state index contributed by atoms with van der Waals surface area (Å²) in [6.45, 7) is 2.70. The summed E-state index contributed by atoms with van der Waals surface area (Å²) in [5.74, 6) is -0.211. The molecule has 20 heavy (non-hydrogen) atoms. The zero-order chi connectivity index (χ0) is 14.3. The molecule has 0 bridgehead atoms. The van der Waals surface area contributed by atoms with E-state index < -0.39 is 0 Å². The molecule has 0 aliphatic rings. The zero-order valence-corrected chi connectivity index (χ0v) is 12.2. The second-order valence-electron chi connectivity index (χ2n) is 4.87. The molecule has 0 spiro atoms. The number of benzene rings is 1. The van der Waals surface area contributed by atoms with Gasteiger partial charge in [-0.3, -0.25) is 4.68 Å². The molecule has 3 aromatic rings. The number of aromatic amines is 1. The highest BCUT2D eigenvalue weighted by atomic mass is 32.1. The third kappa shape index (κ3) is 2.16. The molecular formula is C14H15FN4S. The molecular weight excluding hydrogens is 275 g/mol. The molecule has 2 heterocycles. The molecule has 0 aliphatic heterocycles. The molecule has 0 unspecified atom stereocenters. The first kappa shape index (κ1) is 13.1. The Labute approximate surface area is 120 Å². The monoisotopic (exact) mass is 290 g/mol. The average molecular weight is 290 g/mol. The Bertz CT molecular complexity index is 810. The zero-order valence-electron chi connectivity index (χ0n) is 11.4. The lowest BCUT2D eigenvalue weighted by Crippen LogP contribution is -2.05. The number of hydrogen-bond donors (Lipinski definition) is 1. The number of aryl methyl sites for hydroxylation is 4. The van der Waals surface area contributed by atoms with Crippen LogP contribution >= 0.6 is 12.2 Å². The van der Waals surface area contributed by atoms with E-state index in [4.69, 9.17) is 12.2 Å². The van der Waals surface area contributed by atoms with Crippen LogP contribution in [0.4, 0.5) is 4.39 Å². The van der Waals surface area contributed by atoms with Crippen molar-refractivity contribution in [3.8, 4) is 0 Å². The maximum absolute atomic E-state index is 12.9. The van der Waals surface area contributed by atoms with Crippen LogP contribution in [0.15, 0.2) is 24.3 Å². The van der Waals surface area contributed by atoms with Gasteiger partial charge in [0, 0.05) is 13.6 Å². The van der Waals surface area contributed by atoms with Crippen LogP contribution in [0.25, 0.3) is 11.2 Å². The van der Waals surface area contributed by atoms with Crippen LogP contribution in [-0.4, -0.2) is 19.3 Å². The first-order valence-corrected chi connectivity index (χ1v) is 6.83. The lowest BCUT2D eigenvalue weighted by atomic mass is 10.1. The van der Waals surface area contributed by atoms with Gasteiger partial charge in [0.15, 0.2) is 10.4 Å². The molecule has 3 rings (SSSR count). The largest absolute Gasteiger partial charge is 0.328 e. The molecule has 0 aliphatic carbocycles. The fourth-order valence-corrected chi connectivity index (χ4v) is 2.75. The van der Waals surface area contributed by atoms with Crippen molar-refractivity contribution in [2.24, 2.45) is 7.05 Å². The van der Waals surface area contributed by atoms with Gasteiger partial charge in [-0.25, -0.2) is 4.39 Å². The van der Waals surface area contributed by atoms with Gasteiger partial charge in [0.05, 0.1) is 5.69 Å². The molecule has 0 atom stereocenters. The van der Waals surface area contributed by atoms with E-state index in [-0.39, 0.29) is 5.82 Å². The quantitative estimate of drug-likeness (QED) is 0.753. The molecule has 4 nitrogen and oxygen atoms in total. The Kier molecular flexibility index (Phi) is 3.17. The van der Waals surface area contributed by atoms with Gasteiger partial charge in [-0.2, -0.15) is 5.10 Å². The lowest BCUT2D eigenvalue weighted by Gasteiger charge is -2.05. The lowest BCUT2D eigenvalue weighted by molar-refractivity contribution is 0.625. The van der Waals surface area contributed by atoms with Crippen LogP contribution < -0.4 is 0 Å². The number of hydrogen-bond acceptors (Lipinski definition) is 2. The number of H-pyrrole nitrogens is 1. The Hall–Kier alpha value is -1.95. The molecule has 1 N–H and O–H groups in total. The second kappa shape index (κ2) is 4.86. The van der Waals surface area contributed by atoms with E-state index in [2.05, 4.69) is 10.1 Å². The number of imidazole rings is 1. The van der Waals surface area contributed by atoms with Gasteiger partial charge in [0.2, 0.25) is 0 Å². The van der Waals surface area contributed by atoms with Crippen molar-refractivity contribution in [3.63, 3.8) is 0 Å². The molecule has 0 saturated heterocycles. The van der Waals surface area contributed by atoms with E-state index in [0.717, 1.165) is 35.4 Å². The van der Waals surface area contributed by atoms with Crippen molar-refractivity contribution in [2.45, 2.75) is 19.9 Å². The smallest absolute Gasteiger partial charge is 0.179 e. The Morgan fingerprint density at radius 2 is 2.00 bits per heavy atom. The SMILES string of the molecule is Cc1nn(C)c2c1[nH]c(=S)n2CCc1ccc(F)cc1. The van der Waals surface area contributed by atoms with Crippen molar-refractivity contribution in [3.05, 3.63) is 46.1 Å². The van der Waals surface area contributed by atoms with Crippen molar-refractivity contribution in [1.82, 2.24) is 19.3 Å². The van der Waals surface area contributed by atoms with E-state index in [1.165, 1.54) is 12.1 Å². The molecule has 0 saturated carbocycles. The first-order chi connectivity index (χ1) is 9.56. The summed E-state index contributed by atoms with van der Waals surface area (Å²) in [6, 6.07) is 6.57. The van der Waals surface area contributed by atoms with Crippen LogP contribution in [0.1, 0.15) is 11.3 Å². The fourth-order valence-electron chi connectivity index (χ4n) is 2.47. The van der Waals surface area contributed by atoms with E-state index in [9.17, 15) is 4.39 Å². The molecule has 2 aromatic heterocycles. The summed E-state index contributed by atoms with van der Waals surface area (Å²) in [7, 11) is 1.91. The second-order valence-corrected chi connectivity index (χ2v) is 5.25. The molecule has 6 heteroatoms. The topological polar surface area (TPSA) is 38.5 Å². The van der Waals surface area contributed by atoms with Gasteiger partial charge in [0.1, 0.15) is 11.3 Å². The fraction of sp³-hybridized carbons (Fsp3) is 0.286. The van der Waals surface area contributed by atoms with Crippen LogP contribution in [-0.2, 0) is 20.0 Å². The molecule has 1 aromatic carbocycles. The molecule has 0 radical (unpaired) electrons. The highest BCUT2D eigenvalue weighted by Gasteiger charge is 2.12. The third-order valence-electron chi connectivity index (χ3n) is 3.46. The number of rotatable bonds is 3. The van der Waals surface area contributed by atoms with Gasteiger partial charge in [0.25, 0.3) is 0 Å². The Morgan fingerprint density at radius 1 is 1.30 bits per heavy atom. The highest BCUT2D eigenvalue weighted by molar-refractivity contribution is 7.71. The minimum Gasteiger partial charge on any atom is -0.328 e. The predicted octanol–water partition coefficient (Wildman–Crippen LogP) is 3.12. The summed E-state index contributed by atoms with van der Waals surface area (Å²) in [6.07, 6.45) is 0.797. The minimum absolute atomic E-state index is 0.211. The minimum atomic E-state index is -0.211. The first-order valence-electron chi connectivity index (χ1n) is 6.43. The summed E-state index contributed by atoms with van der Waals surface area (Å²) < 4.78 is 17.5. The van der Waals surface area contributed by atoms with Crippen LogP contribution in [0.2, 0.25) is 0 Å². The summed E-state index contributed by atoms with van der Waals surface area (Å²) >= 11 is 5.37. The third-order valence-corrected chi connectivity index (χ3v) is 3.78. The maximum Gasteiger partial charge on any atom is 0.179 e. The summed E-state index contributed by atoms with van der Waals surface area (Å²) in [4.78, 5) is 3.20. The van der Waals surface area contributed by atoms with Crippen molar-refractivity contribution in [2.75, 3.05) is 0 Å². The van der Waals surface area contributed by atoms with E-state index in [1.54, 1.807) is 12.1 Å². The maximum atomic E-state index is 12.9.